The zero-order valence-electron chi connectivity index (χ0n) is 11.3. The summed E-state index contributed by atoms with van der Waals surface area (Å²) >= 11 is 0. The summed E-state index contributed by atoms with van der Waals surface area (Å²) in [6.45, 7) is 3.20. The number of hydrogen-bond donors (Lipinski definition) is 2. The molecule has 1 aromatic carbocycles. The second kappa shape index (κ2) is 5.71. The topological polar surface area (TPSA) is 66.7 Å². The van der Waals surface area contributed by atoms with Gasteiger partial charge in [-0.15, -0.1) is 0 Å². The first-order valence-corrected chi connectivity index (χ1v) is 6.52. The Labute approximate surface area is 117 Å². The van der Waals surface area contributed by atoms with Crippen molar-refractivity contribution in [1.82, 2.24) is 20.5 Å². The summed E-state index contributed by atoms with van der Waals surface area (Å²) in [7, 11) is 0. The van der Waals surface area contributed by atoms with Crippen LogP contribution < -0.4 is 5.32 Å². The van der Waals surface area contributed by atoms with Crippen molar-refractivity contribution in [1.29, 1.82) is 0 Å². The Morgan fingerprint density at radius 2 is 2.00 bits per heavy atom. The molecule has 0 radical (unpaired) electrons. The number of aryl methyl sites for hydroxylation is 1. The Kier molecular flexibility index (Phi) is 3.60. The van der Waals surface area contributed by atoms with E-state index < -0.39 is 0 Å². The number of aromatic amines is 1. The number of rotatable bonds is 5. The average Bonchev–Trinajstić information content (AvgIpc) is 3.09. The van der Waals surface area contributed by atoms with Gasteiger partial charge < -0.3 is 9.73 Å². The quantitative estimate of drug-likeness (QED) is 0.746. The highest BCUT2D eigenvalue weighted by Gasteiger charge is 2.07. The van der Waals surface area contributed by atoms with Gasteiger partial charge >= 0.3 is 0 Å². The van der Waals surface area contributed by atoms with Gasteiger partial charge in [-0.05, 0) is 12.5 Å². The first-order chi connectivity index (χ1) is 9.83. The molecule has 0 bridgehead atoms. The van der Waals surface area contributed by atoms with Crippen LogP contribution in [0.4, 0.5) is 0 Å². The first-order valence-electron chi connectivity index (χ1n) is 6.52. The molecule has 0 aliphatic heterocycles. The third-order valence-corrected chi connectivity index (χ3v) is 3.04. The van der Waals surface area contributed by atoms with E-state index in [9.17, 15) is 0 Å². The molecule has 0 saturated heterocycles. The lowest BCUT2D eigenvalue weighted by Crippen LogP contribution is -2.13. The van der Waals surface area contributed by atoms with Gasteiger partial charge in [-0.3, -0.25) is 5.10 Å². The zero-order chi connectivity index (χ0) is 13.8. The number of H-pyrrole nitrogens is 1. The lowest BCUT2D eigenvalue weighted by atomic mass is 10.1. The van der Waals surface area contributed by atoms with Crippen molar-refractivity contribution < 1.29 is 4.42 Å². The SMILES string of the molecule is Cc1cnc(CNCc2cn[nH]c2-c2ccccc2)o1. The first kappa shape index (κ1) is 12.6. The maximum atomic E-state index is 5.42. The summed E-state index contributed by atoms with van der Waals surface area (Å²) in [4.78, 5) is 4.16. The van der Waals surface area contributed by atoms with Crippen LogP contribution in [-0.2, 0) is 13.1 Å². The fourth-order valence-electron chi connectivity index (χ4n) is 2.09. The van der Waals surface area contributed by atoms with E-state index in [1.54, 1.807) is 6.20 Å². The van der Waals surface area contributed by atoms with Crippen LogP contribution in [0.3, 0.4) is 0 Å². The van der Waals surface area contributed by atoms with Crippen LogP contribution in [0.15, 0.2) is 47.1 Å². The average molecular weight is 268 g/mol. The normalized spacial score (nSPS) is 10.8. The Balaban J connectivity index is 1.65. The maximum Gasteiger partial charge on any atom is 0.208 e. The van der Waals surface area contributed by atoms with Crippen LogP contribution in [0.2, 0.25) is 0 Å². The van der Waals surface area contributed by atoms with Crippen molar-refractivity contribution in [3.63, 3.8) is 0 Å². The minimum Gasteiger partial charge on any atom is -0.445 e. The minimum atomic E-state index is 0.604. The molecule has 20 heavy (non-hydrogen) atoms. The van der Waals surface area contributed by atoms with Crippen LogP contribution in [0, 0.1) is 6.92 Å². The summed E-state index contributed by atoms with van der Waals surface area (Å²) in [5.74, 6) is 1.53. The molecule has 0 fully saturated rings. The highest BCUT2D eigenvalue weighted by Crippen LogP contribution is 2.20. The molecule has 0 unspecified atom stereocenters. The minimum absolute atomic E-state index is 0.604. The van der Waals surface area contributed by atoms with Crippen molar-refractivity contribution >= 4 is 0 Å². The molecule has 0 aliphatic carbocycles. The van der Waals surface area contributed by atoms with Gasteiger partial charge in [0.05, 0.1) is 24.6 Å². The van der Waals surface area contributed by atoms with E-state index in [0.29, 0.717) is 19.0 Å². The van der Waals surface area contributed by atoms with E-state index in [2.05, 4.69) is 32.6 Å². The largest absolute Gasteiger partial charge is 0.445 e. The number of nitrogens with one attached hydrogen (secondary N) is 2. The molecule has 0 amide bonds. The van der Waals surface area contributed by atoms with Crippen molar-refractivity contribution in [2.24, 2.45) is 0 Å². The van der Waals surface area contributed by atoms with Gasteiger partial charge in [0.15, 0.2) is 0 Å². The molecule has 2 N–H and O–H groups in total. The van der Waals surface area contributed by atoms with Crippen molar-refractivity contribution in [3.05, 3.63) is 59.9 Å². The van der Waals surface area contributed by atoms with Gasteiger partial charge in [0, 0.05) is 12.1 Å². The predicted molar refractivity (Wildman–Crippen MR) is 75.8 cm³/mol. The Morgan fingerprint density at radius 1 is 1.15 bits per heavy atom. The smallest absolute Gasteiger partial charge is 0.208 e. The highest BCUT2D eigenvalue weighted by molar-refractivity contribution is 5.62. The van der Waals surface area contributed by atoms with Gasteiger partial charge in [0.2, 0.25) is 5.89 Å². The van der Waals surface area contributed by atoms with Gasteiger partial charge in [0.25, 0.3) is 0 Å². The van der Waals surface area contributed by atoms with E-state index in [0.717, 1.165) is 22.6 Å². The zero-order valence-corrected chi connectivity index (χ0v) is 11.3. The molecule has 0 aliphatic rings. The molecule has 0 atom stereocenters. The third-order valence-electron chi connectivity index (χ3n) is 3.04. The molecule has 5 nitrogen and oxygen atoms in total. The molecule has 0 spiro atoms. The third kappa shape index (κ3) is 2.78. The summed E-state index contributed by atoms with van der Waals surface area (Å²) in [6.07, 6.45) is 3.57. The molecule has 5 heteroatoms. The molecule has 3 aromatic rings. The van der Waals surface area contributed by atoms with E-state index >= 15 is 0 Å². The summed E-state index contributed by atoms with van der Waals surface area (Å²) in [6, 6.07) is 10.2. The Bertz CT molecular complexity index is 672. The highest BCUT2D eigenvalue weighted by atomic mass is 16.4. The number of nitrogens with zero attached hydrogens (tertiary/aromatic N) is 2. The number of hydrogen-bond acceptors (Lipinski definition) is 4. The monoisotopic (exact) mass is 268 g/mol. The van der Waals surface area contributed by atoms with E-state index in [-0.39, 0.29) is 0 Å². The molecule has 3 rings (SSSR count). The van der Waals surface area contributed by atoms with Crippen LogP contribution in [0.5, 0.6) is 0 Å². The number of benzene rings is 1. The summed E-state index contributed by atoms with van der Waals surface area (Å²) < 4.78 is 5.42. The standard InChI is InChI=1S/C15H16N4O/c1-11-7-17-14(20-11)10-16-8-13-9-18-19-15(13)12-5-3-2-4-6-12/h2-7,9,16H,8,10H2,1H3,(H,18,19). The molecular formula is C15H16N4O. The fraction of sp³-hybridized carbons (Fsp3) is 0.200. The Hall–Kier alpha value is -2.40. The van der Waals surface area contributed by atoms with Gasteiger partial charge in [-0.2, -0.15) is 5.10 Å². The van der Waals surface area contributed by atoms with E-state index in [4.69, 9.17) is 4.42 Å². The lowest BCUT2D eigenvalue weighted by molar-refractivity contribution is 0.449. The second-order valence-corrected chi connectivity index (χ2v) is 4.60. The molecule has 0 saturated carbocycles. The lowest BCUT2D eigenvalue weighted by Gasteiger charge is -2.04. The van der Waals surface area contributed by atoms with Crippen LogP contribution >= 0.6 is 0 Å². The predicted octanol–water partition coefficient (Wildman–Crippen LogP) is 2.66. The van der Waals surface area contributed by atoms with E-state index in [1.807, 2.05) is 31.3 Å². The van der Waals surface area contributed by atoms with Crippen molar-refractivity contribution in [2.45, 2.75) is 20.0 Å². The van der Waals surface area contributed by atoms with Crippen LogP contribution in [0.25, 0.3) is 11.3 Å². The fourth-order valence-corrected chi connectivity index (χ4v) is 2.09. The molecular weight excluding hydrogens is 252 g/mol. The van der Waals surface area contributed by atoms with Gasteiger partial charge in [0.1, 0.15) is 5.76 Å². The summed E-state index contributed by atoms with van der Waals surface area (Å²) in [5.41, 5.74) is 3.30. The van der Waals surface area contributed by atoms with Crippen molar-refractivity contribution in [2.75, 3.05) is 0 Å². The number of aromatic nitrogens is 3. The number of oxazole rings is 1. The van der Waals surface area contributed by atoms with Gasteiger partial charge in [-0.25, -0.2) is 4.98 Å². The van der Waals surface area contributed by atoms with Gasteiger partial charge in [-0.1, -0.05) is 30.3 Å². The molecule has 102 valence electrons. The second-order valence-electron chi connectivity index (χ2n) is 4.60. The van der Waals surface area contributed by atoms with Crippen LogP contribution in [0.1, 0.15) is 17.2 Å². The molecule has 2 heterocycles. The summed E-state index contributed by atoms with van der Waals surface area (Å²) in [5, 5.41) is 10.5. The van der Waals surface area contributed by atoms with Crippen molar-refractivity contribution in [3.8, 4) is 11.3 Å². The maximum absolute atomic E-state index is 5.42. The van der Waals surface area contributed by atoms with E-state index in [1.165, 1.54) is 0 Å². The molecule has 2 aromatic heterocycles. The Morgan fingerprint density at radius 3 is 2.75 bits per heavy atom. The van der Waals surface area contributed by atoms with Crippen LogP contribution in [-0.4, -0.2) is 15.2 Å².